The Balaban J connectivity index is 1.26. The van der Waals surface area contributed by atoms with E-state index in [0.29, 0.717) is 6.61 Å². The molecular formula is C29H41NO4S. The number of unbranched alkanes of at least 4 members (excludes halogenated alkanes) is 3. The number of hydrogen-bond donors (Lipinski definition) is 1. The lowest BCUT2D eigenvalue weighted by Gasteiger charge is -2.43. The molecule has 1 aliphatic rings. The summed E-state index contributed by atoms with van der Waals surface area (Å²) in [7, 11) is 0. The zero-order valence-electron chi connectivity index (χ0n) is 21.4. The molecule has 0 saturated carbocycles. The van der Waals surface area contributed by atoms with E-state index in [0.717, 1.165) is 17.7 Å². The first kappa shape index (κ1) is 27.6. The normalized spacial score (nSPS) is 24.1. The molecule has 5 nitrogen and oxygen atoms in total. The molecule has 0 aromatic heterocycles. The predicted octanol–water partition coefficient (Wildman–Crippen LogP) is 6.81. The Bertz CT molecular complexity index is 850. The molecule has 35 heavy (non-hydrogen) atoms. The summed E-state index contributed by atoms with van der Waals surface area (Å²) >= 11 is 2.01. The second-order valence-corrected chi connectivity index (χ2v) is 10.6. The zero-order valence-corrected chi connectivity index (χ0v) is 22.2. The van der Waals surface area contributed by atoms with Crippen molar-refractivity contribution < 1.29 is 19.0 Å². The summed E-state index contributed by atoms with van der Waals surface area (Å²) in [4.78, 5) is 12.4. The summed E-state index contributed by atoms with van der Waals surface area (Å²) < 4.78 is 17.7. The minimum Gasteiger partial charge on any atom is -0.445 e. The summed E-state index contributed by atoms with van der Waals surface area (Å²) in [5, 5.41) is 3.01. The second-order valence-electron chi connectivity index (χ2n) is 9.48. The first-order chi connectivity index (χ1) is 17.0. The molecule has 2 unspecified atom stereocenters. The van der Waals surface area contributed by atoms with Crippen LogP contribution in [-0.2, 0) is 26.6 Å². The molecule has 0 spiro atoms. The third kappa shape index (κ3) is 9.51. The van der Waals surface area contributed by atoms with Crippen LogP contribution in [0.4, 0.5) is 4.79 Å². The summed E-state index contributed by atoms with van der Waals surface area (Å²) in [6, 6.07) is 20.2. The second kappa shape index (κ2) is 15.2. The topological polar surface area (TPSA) is 56.8 Å². The molecule has 0 aliphatic carbocycles. The van der Waals surface area contributed by atoms with Gasteiger partial charge in [-0.15, -0.1) is 0 Å². The van der Waals surface area contributed by atoms with Gasteiger partial charge in [0.15, 0.2) is 6.29 Å². The van der Waals surface area contributed by atoms with E-state index < -0.39 is 6.09 Å². The maximum atomic E-state index is 12.4. The monoisotopic (exact) mass is 499 g/mol. The number of ether oxygens (including phenoxy) is 3. The Morgan fingerprint density at radius 2 is 1.54 bits per heavy atom. The van der Waals surface area contributed by atoms with E-state index in [9.17, 15) is 4.79 Å². The van der Waals surface area contributed by atoms with Crippen molar-refractivity contribution in [3.8, 4) is 0 Å². The Morgan fingerprint density at radius 3 is 2.26 bits per heavy atom. The van der Waals surface area contributed by atoms with Crippen molar-refractivity contribution in [2.45, 2.75) is 77.3 Å². The van der Waals surface area contributed by atoms with Crippen LogP contribution in [0, 0.1) is 11.8 Å². The van der Waals surface area contributed by atoms with Gasteiger partial charge in [-0.1, -0.05) is 87.4 Å². The predicted molar refractivity (Wildman–Crippen MR) is 143 cm³/mol. The highest BCUT2D eigenvalue weighted by Gasteiger charge is 2.40. The lowest BCUT2D eigenvalue weighted by Crippen LogP contribution is -2.56. The Labute approximate surface area is 215 Å². The number of alkyl carbamates (subject to hydrolysis) is 1. The van der Waals surface area contributed by atoms with Gasteiger partial charge >= 0.3 is 6.09 Å². The van der Waals surface area contributed by atoms with Crippen molar-refractivity contribution in [1.29, 1.82) is 0 Å². The van der Waals surface area contributed by atoms with E-state index in [1.54, 1.807) is 0 Å². The summed E-state index contributed by atoms with van der Waals surface area (Å²) in [6.45, 7) is 7.25. The van der Waals surface area contributed by atoms with Crippen molar-refractivity contribution in [3.63, 3.8) is 0 Å². The highest BCUT2D eigenvalue weighted by atomic mass is 32.2. The zero-order chi connectivity index (χ0) is 24.9. The van der Waals surface area contributed by atoms with Gasteiger partial charge in [0.05, 0.1) is 12.1 Å². The molecule has 192 valence electrons. The molecule has 0 bridgehead atoms. The van der Waals surface area contributed by atoms with E-state index in [1.807, 2.05) is 49.0 Å². The van der Waals surface area contributed by atoms with Crippen LogP contribution < -0.4 is 5.32 Å². The van der Waals surface area contributed by atoms with Crippen LogP contribution in [0.25, 0.3) is 0 Å². The van der Waals surface area contributed by atoms with Crippen molar-refractivity contribution in [2.75, 3.05) is 12.4 Å². The largest absolute Gasteiger partial charge is 0.445 e. The van der Waals surface area contributed by atoms with Crippen LogP contribution in [0.5, 0.6) is 0 Å². The van der Waals surface area contributed by atoms with Crippen LogP contribution in [0.2, 0.25) is 0 Å². The maximum Gasteiger partial charge on any atom is 0.407 e. The molecule has 1 N–H and O–H groups in total. The van der Waals surface area contributed by atoms with Crippen LogP contribution in [0.15, 0.2) is 60.7 Å². The highest BCUT2D eigenvalue weighted by molar-refractivity contribution is 7.98. The first-order valence-corrected chi connectivity index (χ1v) is 14.1. The number of hydrogen-bond acceptors (Lipinski definition) is 5. The van der Waals surface area contributed by atoms with E-state index in [-0.39, 0.29) is 36.9 Å². The molecule has 1 fully saturated rings. The fourth-order valence-corrected chi connectivity index (χ4v) is 5.37. The van der Waals surface area contributed by atoms with Gasteiger partial charge in [-0.2, -0.15) is 11.8 Å². The van der Waals surface area contributed by atoms with Gasteiger partial charge in [0.2, 0.25) is 0 Å². The van der Waals surface area contributed by atoms with E-state index in [1.165, 1.54) is 30.6 Å². The Hall–Kier alpha value is -2.02. The van der Waals surface area contributed by atoms with Crippen LogP contribution in [0.1, 0.15) is 57.6 Å². The van der Waals surface area contributed by atoms with Crippen LogP contribution >= 0.6 is 11.8 Å². The summed E-state index contributed by atoms with van der Waals surface area (Å²) in [5.74, 6) is 2.70. The minimum absolute atomic E-state index is 0.110. The number of benzene rings is 2. The first-order valence-electron chi connectivity index (χ1n) is 12.9. The van der Waals surface area contributed by atoms with Gasteiger partial charge in [0.1, 0.15) is 6.61 Å². The highest BCUT2D eigenvalue weighted by Crippen LogP contribution is 2.31. The van der Waals surface area contributed by atoms with Crippen molar-refractivity contribution in [1.82, 2.24) is 5.32 Å². The van der Waals surface area contributed by atoms with Gasteiger partial charge in [0.25, 0.3) is 0 Å². The average molecular weight is 500 g/mol. The van der Waals surface area contributed by atoms with Crippen molar-refractivity contribution >= 4 is 17.9 Å². The number of rotatable bonds is 13. The molecule has 1 heterocycles. The minimum atomic E-state index is -0.408. The summed E-state index contributed by atoms with van der Waals surface area (Å²) in [5.41, 5.74) is 2.37. The molecule has 2 aromatic carbocycles. The molecular weight excluding hydrogens is 458 g/mol. The molecule has 1 saturated heterocycles. The molecule has 1 aliphatic heterocycles. The average Bonchev–Trinajstić information content (AvgIpc) is 2.88. The van der Waals surface area contributed by atoms with Crippen molar-refractivity contribution in [3.05, 3.63) is 71.8 Å². The number of carbonyl (C=O) groups excluding carboxylic acids is 1. The van der Waals surface area contributed by atoms with Gasteiger partial charge < -0.3 is 19.5 Å². The third-order valence-electron chi connectivity index (χ3n) is 6.75. The fourth-order valence-electron chi connectivity index (χ4n) is 4.39. The quantitative estimate of drug-likeness (QED) is 0.307. The van der Waals surface area contributed by atoms with Crippen LogP contribution in [-0.4, -0.2) is 36.9 Å². The lowest BCUT2D eigenvalue weighted by molar-refractivity contribution is -0.235. The fraction of sp³-hybridized carbons (Fsp3) is 0.552. The number of thioether (sulfide) groups is 1. The SMILES string of the molecule is CC1[C@@H](OCCCCCCSCc2ccccc2)OC(C)[C@H](NC(=O)OCc2ccccc2)[C@@H]1C. The van der Waals surface area contributed by atoms with E-state index in [2.05, 4.69) is 49.5 Å². The van der Waals surface area contributed by atoms with Gasteiger partial charge in [0, 0.05) is 18.3 Å². The van der Waals surface area contributed by atoms with E-state index in [4.69, 9.17) is 14.2 Å². The Kier molecular flexibility index (Phi) is 11.9. The molecule has 2 aromatic rings. The van der Waals surface area contributed by atoms with Crippen molar-refractivity contribution in [2.24, 2.45) is 11.8 Å². The van der Waals surface area contributed by atoms with Gasteiger partial charge in [-0.05, 0) is 42.6 Å². The smallest absolute Gasteiger partial charge is 0.407 e. The molecule has 6 heteroatoms. The molecule has 1 amide bonds. The number of nitrogens with one attached hydrogen (secondary N) is 1. The lowest BCUT2D eigenvalue weighted by atomic mass is 9.83. The molecule has 5 atom stereocenters. The molecule has 3 rings (SSSR count). The maximum absolute atomic E-state index is 12.4. The summed E-state index contributed by atoms with van der Waals surface area (Å²) in [6.07, 6.45) is 3.92. The number of carbonyl (C=O) groups is 1. The van der Waals surface area contributed by atoms with Gasteiger partial charge in [-0.3, -0.25) is 0 Å². The third-order valence-corrected chi connectivity index (χ3v) is 7.87. The standard InChI is InChI=1S/C29H41NO4S/c1-22-23(2)28(32-18-12-4-5-13-19-35-21-26-16-10-7-11-17-26)34-24(3)27(22)30-29(31)33-20-25-14-8-6-9-15-25/h6-11,14-17,22-24,27-28H,4-5,12-13,18-21H2,1-3H3,(H,30,31)/t22-,23?,24?,27-,28+/m1/s1. The van der Waals surface area contributed by atoms with Crippen LogP contribution in [0.3, 0.4) is 0 Å². The molecule has 0 radical (unpaired) electrons. The Morgan fingerprint density at radius 1 is 0.886 bits per heavy atom. The van der Waals surface area contributed by atoms with Gasteiger partial charge in [-0.25, -0.2) is 4.79 Å². The number of amides is 1. The van der Waals surface area contributed by atoms with E-state index >= 15 is 0 Å².